The molecule has 0 atom stereocenters. The zero-order chi connectivity index (χ0) is 18.1. The van der Waals surface area contributed by atoms with Crippen molar-refractivity contribution in [1.29, 1.82) is 0 Å². The lowest BCUT2D eigenvalue weighted by Crippen LogP contribution is -2.14. The molecule has 25 heavy (non-hydrogen) atoms. The standard InChI is InChI=1S/C17H16ClFN2O4/c1-23-16-7-2-12(18)10-15(16)21-17(22)11-20-25-9-8-24-14-5-3-13(19)4-6-14/h2-7,10-11H,8-9H2,1H3,(H,21,22)/b20-11-. The van der Waals surface area contributed by atoms with Crippen molar-refractivity contribution in [1.82, 2.24) is 0 Å². The number of methoxy groups -OCH3 is 1. The third-order valence-corrected chi connectivity index (χ3v) is 3.16. The molecule has 2 aromatic carbocycles. The molecule has 0 unspecified atom stereocenters. The van der Waals surface area contributed by atoms with E-state index >= 15 is 0 Å². The number of rotatable bonds is 8. The van der Waals surface area contributed by atoms with Gasteiger partial charge in [0.15, 0.2) is 6.61 Å². The van der Waals surface area contributed by atoms with Crippen LogP contribution in [0.1, 0.15) is 0 Å². The van der Waals surface area contributed by atoms with Gasteiger partial charge in [0, 0.05) is 5.02 Å². The smallest absolute Gasteiger partial charge is 0.270 e. The van der Waals surface area contributed by atoms with Gasteiger partial charge in [-0.3, -0.25) is 4.79 Å². The van der Waals surface area contributed by atoms with Crippen LogP contribution in [0.5, 0.6) is 11.5 Å². The molecule has 0 saturated heterocycles. The van der Waals surface area contributed by atoms with Gasteiger partial charge in [-0.2, -0.15) is 0 Å². The van der Waals surface area contributed by atoms with Crippen LogP contribution in [0, 0.1) is 5.82 Å². The Kier molecular flexibility index (Phi) is 7.03. The summed E-state index contributed by atoms with van der Waals surface area (Å²) < 4.78 is 23.2. The lowest BCUT2D eigenvalue weighted by molar-refractivity contribution is -0.110. The molecular formula is C17H16ClFN2O4. The van der Waals surface area contributed by atoms with E-state index in [4.69, 9.17) is 25.9 Å². The molecule has 0 aliphatic heterocycles. The van der Waals surface area contributed by atoms with Gasteiger partial charge in [0.2, 0.25) is 0 Å². The number of nitrogens with one attached hydrogen (secondary N) is 1. The third-order valence-electron chi connectivity index (χ3n) is 2.92. The molecule has 1 N–H and O–H groups in total. The average Bonchev–Trinajstić information content (AvgIpc) is 2.60. The van der Waals surface area contributed by atoms with Crippen LogP contribution in [0.25, 0.3) is 0 Å². The molecule has 0 saturated carbocycles. The highest BCUT2D eigenvalue weighted by atomic mass is 35.5. The number of benzene rings is 2. The summed E-state index contributed by atoms with van der Waals surface area (Å²) in [6.45, 7) is 0.328. The average molecular weight is 367 g/mol. The topological polar surface area (TPSA) is 69.2 Å². The minimum Gasteiger partial charge on any atom is -0.495 e. The minimum atomic E-state index is -0.500. The van der Waals surface area contributed by atoms with Crippen LogP contribution in [0.15, 0.2) is 47.6 Å². The summed E-state index contributed by atoms with van der Waals surface area (Å²) >= 11 is 5.88. The number of ether oxygens (including phenoxy) is 2. The van der Waals surface area contributed by atoms with Gasteiger partial charge in [0.1, 0.15) is 30.1 Å². The summed E-state index contributed by atoms with van der Waals surface area (Å²) in [4.78, 5) is 16.7. The Morgan fingerprint density at radius 2 is 2.00 bits per heavy atom. The summed E-state index contributed by atoms with van der Waals surface area (Å²) in [6.07, 6.45) is 0.984. The van der Waals surface area contributed by atoms with E-state index in [9.17, 15) is 9.18 Å². The quantitative estimate of drug-likeness (QED) is 0.441. The number of hydrogen-bond donors (Lipinski definition) is 1. The maximum absolute atomic E-state index is 12.7. The van der Waals surface area contributed by atoms with Gasteiger partial charge in [-0.1, -0.05) is 16.8 Å². The number of hydrogen-bond acceptors (Lipinski definition) is 5. The number of anilines is 1. The van der Waals surface area contributed by atoms with Crippen LogP contribution in [0.4, 0.5) is 10.1 Å². The van der Waals surface area contributed by atoms with Gasteiger partial charge in [-0.25, -0.2) is 4.39 Å². The molecule has 0 spiro atoms. The van der Waals surface area contributed by atoms with Gasteiger partial charge in [-0.05, 0) is 42.5 Å². The first kappa shape index (κ1) is 18.5. The first-order chi connectivity index (χ1) is 12.1. The Morgan fingerprint density at radius 3 is 2.72 bits per heavy atom. The molecule has 0 fully saturated rings. The van der Waals surface area contributed by atoms with Crippen molar-refractivity contribution < 1.29 is 23.5 Å². The highest BCUT2D eigenvalue weighted by Gasteiger charge is 2.06. The number of nitrogens with zero attached hydrogens (tertiary/aromatic N) is 1. The van der Waals surface area contributed by atoms with Gasteiger partial charge < -0.3 is 19.6 Å². The van der Waals surface area contributed by atoms with Crippen molar-refractivity contribution in [2.45, 2.75) is 0 Å². The van der Waals surface area contributed by atoms with Crippen LogP contribution in [0.2, 0.25) is 5.02 Å². The molecular weight excluding hydrogens is 351 g/mol. The number of oxime groups is 1. The zero-order valence-corrected chi connectivity index (χ0v) is 14.1. The second kappa shape index (κ2) is 9.48. The third kappa shape index (κ3) is 6.31. The Balaban J connectivity index is 1.72. The largest absolute Gasteiger partial charge is 0.495 e. The summed E-state index contributed by atoms with van der Waals surface area (Å²) in [5.74, 6) is 0.148. The van der Waals surface area contributed by atoms with Gasteiger partial charge in [0.25, 0.3) is 5.91 Å². The first-order valence-corrected chi connectivity index (χ1v) is 7.64. The molecule has 0 aliphatic rings. The first-order valence-electron chi connectivity index (χ1n) is 7.26. The molecule has 0 radical (unpaired) electrons. The van der Waals surface area contributed by atoms with Crippen LogP contribution in [-0.2, 0) is 9.63 Å². The Labute approximate surface area is 149 Å². The van der Waals surface area contributed by atoms with E-state index in [1.807, 2.05) is 0 Å². The summed E-state index contributed by atoms with van der Waals surface area (Å²) in [5.41, 5.74) is 0.422. The predicted molar refractivity (Wildman–Crippen MR) is 93.0 cm³/mol. The molecule has 0 aliphatic carbocycles. The van der Waals surface area contributed by atoms with E-state index in [2.05, 4.69) is 10.5 Å². The highest BCUT2D eigenvalue weighted by molar-refractivity contribution is 6.33. The molecule has 0 bridgehead atoms. The SMILES string of the molecule is COc1ccc(Cl)cc1NC(=O)/C=N\OCCOc1ccc(F)cc1. The lowest BCUT2D eigenvalue weighted by atomic mass is 10.3. The van der Waals surface area contributed by atoms with Crippen molar-refractivity contribution >= 4 is 29.4 Å². The van der Waals surface area contributed by atoms with E-state index < -0.39 is 5.91 Å². The van der Waals surface area contributed by atoms with Crippen molar-refractivity contribution in [2.75, 3.05) is 25.6 Å². The molecule has 0 aromatic heterocycles. The fourth-order valence-electron chi connectivity index (χ4n) is 1.81. The minimum absolute atomic E-state index is 0.127. The van der Waals surface area contributed by atoms with Crippen LogP contribution >= 0.6 is 11.6 Å². The van der Waals surface area contributed by atoms with Crippen molar-refractivity contribution in [3.05, 3.63) is 53.3 Å². The fraction of sp³-hybridized carbons (Fsp3) is 0.176. The monoisotopic (exact) mass is 366 g/mol. The van der Waals surface area contributed by atoms with Gasteiger partial charge in [-0.15, -0.1) is 0 Å². The van der Waals surface area contributed by atoms with Crippen molar-refractivity contribution in [3.8, 4) is 11.5 Å². The van der Waals surface area contributed by atoms with Crippen LogP contribution < -0.4 is 14.8 Å². The van der Waals surface area contributed by atoms with E-state index in [1.165, 1.54) is 31.4 Å². The van der Waals surface area contributed by atoms with Gasteiger partial charge in [0.05, 0.1) is 12.8 Å². The maximum atomic E-state index is 12.7. The van der Waals surface area contributed by atoms with E-state index in [-0.39, 0.29) is 19.0 Å². The molecule has 8 heteroatoms. The Hall–Kier alpha value is -2.80. The molecule has 2 rings (SSSR count). The Bertz CT molecular complexity index is 738. The van der Waals surface area contributed by atoms with Crippen LogP contribution in [0.3, 0.4) is 0 Å². The van der Waals surface area contributed by atoms with E-state index in [0.29, 0.717) is 22.2 Å². The number of halogens is 2. The molecule has 2 aromatic rings. The molecule has 132 valence electrons. The predicted octanol–water partition coefficient (Wildman–Crippen LogP) is 3.51. The number of carbonyl (C=O) groups is 1. The second-order valence-electron chi connectivity index (χ2n) is 4.70. The molecule has 6 nitrogen and oxygen atoms in total. The summed E-state index contributed by atoms with van der Waals surface area (Å²) in [5, 5.41) is 6.58. The zero-order valence-electron chi connectivity index (χ0n) is 13.4. The normalized spacial score (nSPS) is 10.5. The number of amides is 1. The summed E-state index contributed by atoms with van der Waals surface area (Å²) in [6, 6.07) is 10.4. The Morgan fingerprint density at radius 1 is 1.24 bits per heavy atom. The lowest BCUT2D eigenvalue weighted by Gasteiger charge is -2.08. The highest BCUT2D eigenvalue weighted by Crippen LogP contribution is 2.27. The van der Waals surface area contributed by atoms with Crippen molar-refractivity contribution in [3.63, 3.8) is 0 Å². The van der Waals surface area contributed by atoms with Crippen molar-refractivity contribution in [2.24, 2.45) is 5.16 Å². The van der Waals surface area contributed by atoms with E-state index in [0.717, 1.165) is 6.21 Å². The van der Waals surface area contributed by atoms with Gasteiger partial charge >= 0.3 is 0 Å². The number of carbonyl (C=O) groups excluding carboxylic acids is 1. The van der Waals surface area contributed by atoms with Crippen LogP contribution in [-0.4, -0.2) is 32.4 Å². The fourth-order valence-corrected chi connectivity index (χ4v) is 1.98. The maximum Gasteiger partial charge on any atom is 0.270 e. The molecule has 1 amide bonds. The second-order valence-corrected chi connectivity index (χ2v) is 5.14. The van der Waals surface area contributed by atoms with E-state index in [1.54, 1.807) is 18.2 Å². The summed E-state index contributed by atoms with van der Waals surface area (Å²) in [7, 11) is 1.48. The molecule has 0 heterocycles.